The fourth-order valence-corrected chi connectivity index (χ4v) is 8.79. The van der Waals surface area contributed by atoms with E-state index in [-0.39, 0.29) is 0 Å². The summed E-state index contributed by atoms with van der Waals surface area (Å²) in [6.07, 6.45) is 5.08. The Balaban J connectivity index is 1.50. The minimum Gasteiger partial charge on any atom is -0.0465 e. The lowest BCUT2D eigenvalue weighted by molar-refractivity contribution is 0.132. The first-order valence-electron chi connectivity index (χ1n) is 7.45. The summed E-state index contributed by atoms with van der Waals surface area (Å²) in [6.45, 7) is 0. The molecule has 78 valence electrons. The summed E-state index contributed by atoms with van der Waals surface area (Å²) < 4.78 is 0. The molecule has 0 aliphatic heterocycles. The van der Waals surface area contributed by atoms with Crippen molar-refractivity contribution in [2.24, 2.45) is 71.0 Å². The van der Waals surface area contributed by atoms with E-state index in [0.29, 0.717) is 0 Å². The van der Waals surface area contributed by atoms with Crippen molar-refractivity contribution in [1.82, 2.24) is 0 Å². The van der Waals surface area contributed by atoms with Crippen molar-refractivity contribution < 1.29 is 0 Å². The van der Waals surface area contributed by atoms with Crippen LogP contribution in [0.4, 0.5) is 0 Å². The lowest BCUT2D eigenvalue weighted by Gasteiger charge is -2.33. The fourth-order valence-electron chi connectivity index (χ4n) is 8.79. The quantitative estimate of drug-likeness (QED) is 0.561. The molecule has 8 saturated carbocycles. The number of hydrogen-bond donors (Lipinski definition) is 0. The van der Waals surface area contributed by atoms with E-state index in [4.69, 9.17) is 0 Å². The SMILES string of the molecule is C1C2C1C1CC2C2C1C1C3CC4C(C32)C41. The monoisotopic (exact) mass is 198 g/mol. The molecule has 0 amide bonds. The van der Waals surface area contributed by atoms with E-state index in [0.717, 1.165) is 0 Å². The van der Waals surface area contributed by atoms with Crippen molar-refractivity contribution in [2.45, 2.75) is 19.3 Å². The Bertz CT molecular complexity index is 378. The predicted molar refractivity (Wildman–Crippen MR) is 55.7 cm³/mol. The first-order valence-corrected chi connectivity index (χ1v) is 7.45. The zero-order chi connectivity index (χ0) is 9.05. The van der Waals surface area contributed by atoms with E-state index >= 15 is 0 Å². The molecule has 0 heterocycles. The smallest absolute Gasteiger partial charge is 0.0315 e. The Morgan fingerprint density at radius 2 is 0.667 bits per heavy atom. The molecule has 8 aliphatic carbocycles. The third-order valence-corrected chi connectivity index (χ3v) is 8.57. The highest BCUT2D eigenvalue weighted by molar-refractivity contribution is 5.32. The van der Waals surface area contributed by atoms with Gasteiger partial charge in [0.05, 0.1) is 0 Å². The Hall–Kier alpha value is 0. The molecule has 15 heavy (non-hydrogen) atoms. The number of fused-ring (bicyclic) bond motifs is 8. The molecule has 8 rings (SSSR count). The maximum absolute atomic E-state index is 1.70. The normalized spacial score (nSPS) is 91.2. The van der Waals surface area contributed by atoms with Gasteiger partial charge in [-0.1, -0.05) is 0 Å². The molecule has 8 aliphatic rings. The van der Waals surface area contributed by atoms with Crippen LogP contribution in [0.3, 0.4) is 0 Å². The second kappa shape index (κ2) is 1.56. The van der Waals surface area contributed by atoms with Gasteiger partial charge in [-0.3, -0.25) is 0 Å². The third kappa shape index (κ3) is 0.436. The Morgan fingerprint density at radius 3 is 1.13 bits per heavy atom. The molecule has 0 spiro atoms. The van der Waals surface area contributed by atoms with Crippen LogP contribution < -0.4 is 0 Å². The van der Waals surface area contributed by atoms with Gasteiger partial charge in [0.25, 0.3) is 0 Å². The first kappa shape index (κ1) is 6.67. The summed E-state index contributed by atoms with van der Waals surface area (Å²) in [6, 6.07) is 0. The van der Waals surface area contributed by atoms with E-state index in [9.17, 15) is 0 Å². The predicted octanol–water partition coefficient (Wildman–Crippen LogP) is 2.65. The average Bonchev–Trinajstić information content (AvgIpc) is 2.84. The molecule has 10 atom stereocenters. The van der Waals surface area contributed by atoms with Crippen LogP contribution in [-0.4, -0.2) is 0 Å². The van der Waals surface area contributed by atoms with Gasteiger partial charge < -0.3 is 0 Å². The van der Waals surface area contributed by atoms with Gasteiger partial charge in [0.15, 0.2) is 0 Å². The minimum atomic E-state index is 1.27. The van der Waals surface area contributed by atoms with Crippen molar-refractivity contribution in [3.63, 3.8) is 0 Å². The second-order valence-electron chi connectivity index (χ2n) is 8.15. The van der Waals surface area contributed by atoms with Gasteiger partial charge in [0.1, 0.15) is 0 Å². The largest absolute Gasteiger partial charge is 0.0465 e. The molecule has 0 saturated heterocycles. The minimum absolute atomic E-state index is 1.27. The summed E-state index contributed by atoms with van der Waals surface area (Å²) in [7, 11) is 0. The average molecular weight is 198 g/mol. The zero-order valence-electron chi connectivity index (χ0n) is 9.05. The van der Waals surface area contributed by atoms with Crippen molar-refractivity contribution in [3.8, 4) is 0 Å². The molecule has 10 unspecified atom stereocenters. The van der Waals surface area contributed by atoms with Crippen LogP contribution >= 0.6 is 0 Å². The van der Waals surface area contributed by atoms with Crippen molar-refractivity contribution in [2.75, 3.05) is 0 Å². The zero-order valence-corrected chi connectivity index (χ0v) is 9.05. The molecule has 8 bridgehead atoms. The van der Waals surface area contributed by atoms with Crippen LogP contribution in [0.15, 0.2) is 0 Å². The van der Waals surface area contributed by atoms with Crippen LogP contribution in [0.1, 0.15) is 19.3 Å². The molecular weight excluding hydrogens is 180 g/mol. The number of hydrogen-bond acceptors (Lipinski definition) is 0. The highest BCUT2D eigenvalue weighted by Crippen LogP contribution is 2.89. The fraction of sp³-hybridized carbons (Fsp3) is 1.00. The van der Waals surface area contributed by atoms with E-state index in [2.05, 4.69) is 0 Å². The van der Waals surface area contributed by atoms with Crippen LogP contribution in [0.2, 0.25) is 0 Å². The standard InChI is InChI=1S/C15H18/c1-4-5(1)7-2-6(4)10-11(7)13-8-3-9-14(12(8)10)15(9)13/h4-15H,1-3H2. The van der Waals surface area contributed by atoms with Gasteiger partial charge >= 0.3 is 0 Å². The summed E-state index contributed by atoms with van der Waals surface area (Å²) in [5.74, 6) is 15.4. The highest BCUT2D eigenvalue weighted by atomic mass is 14.9. The molecule has 0 radical (unpaired) electrons. The van der Waals surface area contributed by atoms with Gasteiger partial charge in [-0.15, -0.1) is 0 Å². The van der Waals surface area contributed by atoms with Crippen molar-refractivity contribution >= 4 is 0 Å². The van der Waals surface area contributed by atoms with E-state index in [1.807, 2.05) is 0 Å². The van der Waals surface area contributed by atoms with E-state index in [1.165, 1.54) is 71.0 Å². The summed E-state index contributed by atoms with van der Waals surface area (Å²) in [5.41, 5.74) is 0. The lowest BCUT2D eigenvalue weighted by Crippen LogP contribution is -2.30. The molecular formula is C15H18. The van der Waals surface area contributed by atoms with E-state index < -0.39 is 0 Å². The Kier molecular flexibility index (Phi) is 0.691. The van der Waals surface area contributed by atoms with Crippen molar-refractivity contribution in [3.05, 3.63) is 0 Å². The molecule has 8 fully saturated rings. The van der Waals surface area contributed by atoms with Gasteiger partial charge in [-0.05, 0) is 90.3 Å². The summed E-state index contributed by atoms with van der Waals surface area (Å²) >= 11 is 0. The van der Waals surface area contributed by atoms with Crippen molar-refractivity contribution in [1.29, 1.82) is 0 Å². The molecule has 0 N–H and O–H groups in total. The Morgan fingerprint density at radius 1 is 0.333 bits per heavy atom. The summed E-state index contributed by atoms with van der Waals surface area (Å²) in [4.78, 5) is 0. The highest BCUT2D eigenvalue weighted by Gasteiger charge is 2.85. The first-order chi connectivity index (χ1) is 7.45. The maximum atomic E-state index is 1.70. The van der Waals surface area contributed by atoms with Crippen LogP contribution in [0, 0.1) is 71.0 Å². The molecule has 0 aromatic rings. The molecule has 0 heteroatoms. The molecule has 0 aromatic heterocycles. The molecule has 0 nitrogen and oxygen atoms in total. The Labute approximate surface area is 90.8 Å². The van der Waals surface area contributed by atoms with Crippen LogP contribution in [0.5, 0.6) is 0 Å². The third-order valence-electron chi connectivity index (χ3n) is 8.57. The van der Waals surface area contributed by atoms with Crippen LogP contribution in [-0.2, 0) is 0 Å². The van der Waals surface area contributed by atoms with Gasteiger partial charge in [0.2, 0.25) is 0 Å². The summed E-state index contributed by atoms with van der Waals surface area (Å²) in [5, 5.41) is 0. The van der Waals surface area contributed by atoms with Gasteiger partial charge in [-0.2, -0.15) is 0 Å². The lowest BCUT2D eigenvalue weighted by atomic mass is 9.71. The second-order valence-corrected chi connectivity index (χ2v) is 8.15. The topological polar surface area (TPSA) is 0 Å². The van der Waals surface area contributed by atoms with Gasteiger partial charge in [0, 0.05) is 0 Å². The van der Waals surface area contributed by atoms with Gasteiger partial charge in [-0.25, -0.2) is 0 Å². The van der Waals surface area contributed by atoms with Crippen LogP contribution in [0.25, 0.3) is 0 Å². The maximum Gasteiger partial charge on any atom is -0.0315 e. The van der Waals surface area contributed by atoms with E-state index in [1.54, 1.807) is 19.3 Å². The number of rotatable bonds is 0. The molecule has 0 aromatic carbocycles.